The average Bonchev–Trinajstić information content (AvgIpc) is 2.25. The van der Waals surface area contributed by atoms with E-state index >= 15 is 0 Å². The molecule has 0 fully saturated rings. The minimum atomic E-state index is -0.296. The Morgan fingerprint density at radius 1 is 1.33 bits per heavy atom. The highest BCUT2D eigenvalue weighted by Gasteiger charge is 2.14. The molecule has 4 nitrogen and oxygen atoms in total. The fourth-order valence-corrected chi connectivity index (χ4v) is 1.33. The topological polar surface area (TPSA) is 61.4 Å². The number of rotatable bonds is 1. The van der Waals surface area contributed by atoms with E-state index in [1.807, 2.05) is 32.9 Å². The lowest BCUT2D eigenvalue weighted by atomic mass is 10.1. The van der Waals surface area contributed by atoms with Gasteiger partial charge in [0, 0.05) is 11.1 Å². The van der Waals surface area contributed by atoms with Gasteiger partial charge >= 0.3 is 6.03 Å². The van der Waals surface area contributed by atoms with Crippen LogP contribution in [0.3, 0.4) is 0 Å². The second-order valence-electron chi connectivity index (χ2n) is 4.83. The van der Waals surface area contributed by atoms with Crippen molar-refractivity contribution in [2.75, 3.05) is 11.9 Å². The fraction of sp³-hybridized carbons (Fsp3) is 0.357. The molecule has 0 bridgehead atoms. The predicted molar refractivity (Wildman–Crippen MR) is 72.3 cm³/mol. The van der Waals surface area contributed by atoms with Crippen molar-refractivity contribution in [3.8, 4) is 11.8 Å². The number of carbonyl (C=O) groups excluding carboxylic acids is 1. The maximum atomic E-state index is 11.7. The number of benzene rings is 1. The molecule has 0 aliphatic carbocycles. The van der Waals surface area contributed by atoms with Crippen LogP contribution in [-0.4, -0.2) is 23.3 Å². The monoisotopic (exact) mass is 246 g/mol. The highest BCUT2D eigenvalue weighted by atomic mass is 16.2. The van der Waals surface area contributed by atoms with Crippen molar-refractivity contribution in [1.82, 2.24) is 5.32 Å². The van der Waals surface area contributed by atoms with Gasteiger partial charge < -0.3 is 15.7 Å². The number of amides is 2. The Morgan fingerprint density at radius 3 is 2.61 bits per heavy atom. The number of aliphatic hydroxyl groups is 1. The van der Waals surface area contributed by atoms with E-state index in [1.165, 1.54) is 0 Å². The van der Waals surface area contributed by atoms with Crippen molar-refractivity contribution >= 4 is 11.7 Å². The first-order valence-electron chi connectivity index (χ1n) is 5.70. The smallest absolute Gasteiger partial charge is 0.319 e. The highest BCUT2D eigenvalue weighted by Crippen LogP contribution is 2.13. The van der Waals surface area contributed by atoms with E-state index in [4.69, 9.17) is 5.11 Å². The second-order valence-corrected chi connectivity index (χ2v) is 4.83. The number of anilines is 1. The summed E-state index contributed by atoms with van der Waals surface area (Å²) < 4.78 is 0. The van der Waals surface area contributed by atoms with Crippen LogP contribution in [0.5, 0.6) is 0 Å². The van der Waals surface area contributed by atoms with Crippen LogP contribution in [0.15, 0.2) is 24.3 Å². The van der Waals surface area contributed by atoms with E-state index in [1.54, 1.807) is 12.1 Å². The molecule has 1 aromatic rings. The zero-order valence-electron chi connectivity index (χ0n) is 10.9. The lowest BCUT2D eigenvalue weighted by molar-refractivity contribution is 0.244. The molecule has 18 heavy (non-hydrogen) atoms. The number of carbonyl (C=O) groups is 1. The van der Waals surface area contributed by atoms with Gasteiger partial charge in [0.2, 0.25) is 0 Å². The molecule has 0 aromatic heterocycles. The van der Waals surface area contributed by atoms with Gasteiger partial charge in [-0.15, -0.1) is 0 Å². The summed E-state index contributed by atoms with van der Waals surface area (Å²) in [6.07, 6.45) is 0. The Labute approximate surface area is 107 Å². The Morgan fingerprint density at radius 2 is 2.00 bits per heavy atom. The van der Waals surface area contributed by atoms with E-state index < -0.39 is 0 Å². The quantitative estimate of drug-likeness (QED) is 0.663. The molecule has 0 unspecified atom stereocenters. The summed E-state index contributed by atoms with van der Waals surface area (Å²) in [6.45, 7) is 5.51. The molecular formula is C14H18N2O2. The van der Waals surface area contributed by atoms with Crippen molar-refractivity contribution in [1.29, 1.82) is 0 Å². The highest BCUT2D eigenvalue weighted by molar-refractivity contribution is 5.91. The SMILES string of the molecule is CC(C)(C)NC(=O)Nc1ccccc1C#CCO. The maximum absolute atomic E-state index is 11.7. The van der Waals surface area contributed by atoms with Gasteiger partial charge in [-0.25, -0.2) is 4.79 Å². The summed E-state index contributed by atoms with van der Waals surface area (Å²) in [6, 6.07) is 6.92. The third-order valence-corrected chi connectivity index (χ3v) is 1.97. The number of hydrogen-bond donors (Lipinski definition) is 3. The van der Waals surface area contributed by atoms with Crippen molar-refractivity contribution in [2.24, 2.45) is 0 Å². The average molecular weight is 246 g/mol. The maximum Gasteiger partial charge on any atom is 0.319 e. The van der Waals surface area contributed by atoms with Crippen molar-refractivity contribution in [2.45, 2.75) is 26.3 Å². The molecule has 3 N–H and O–H groups in total. The largest absolute Gasteiger partial charge is 0.384 e. The number of urea groups is 1. The molecule has 1 rings (SSSR count). The summed E-state index contributed by atoms with van der Waals surface area (Å²) in [7, 11) is 0. The molecule has 0 saturated heterocycles. The summed E-state index contributed by atoms with van der Waals surface area (Å²) in [5, 5.41) is 14.2. The van der Waals surface area contributed by atoms with Crippen LogP contribution in [0, 0.1) is 11.8 Å². The first kappa shape index (κ1) is 14.1. The summed E-state index contributed by atoms with van der Waals surface area (Å²) in [5.74, 6) is 5.35. The summed E-state index contributed by atoms with van der Waals surface area (Å²) in [5.41, 5.74) is 1.01. The molecular weight excluding hydrogens is 228 g/mol. The molecule has 0 atom stereocenters. The Kier molecular flexibility index (Phi) is 4.75. The van der Waals surface area contributed by atoms with E-state index in [0.717, 1.165) is 0 Å². The van der Waals surface area contributed by atoms with Crippen molar-refractivity contribution < 1.29 is 9.90 Å². The minimum absolute atomic E-state index is 0.206. The zero-order valence-corrected chi connectivity index (χ0v) is 10.9. The van der Waals surface area contributed by atoms with E-state index in [9.17, 15) is 4.79 Å². The van der Waals surface area contributed by atoms with Gasteiger partial charge in [-0.1, -0.05) is 24.0 Å². The van der Waals surface area contributed by atoms with Gasteiger partial charge in [0.05, 0.1) is 5.69 Å². The summed E-state index contributed by atoms with van der Waals surface area (Å²) >= 11 is 0. The number of para-hydroxylation sites is 1. The first-order valence-corrected chi connectivity index (χ1v) is 5.70. The molecule has 0 spiro atoms. The van der Waals surface area contributed by atoms with Gasteiger partial charge in [-0.2, -0.15) is 0 Å². The van der Waals surface area contributed by atoms with Gasteiger partial charge in [-0.05, 0) is 32.9 Å². The number of aliphatic hydroxyl groups excluding tert-OH is 1. The summed E-state index contributed by atoms with van der Waals surface area (Å²) in [4.78, 5) is 11.7. The molecule has 96 valence electrons. The van der Waals surface area contributed by atoms with Crippen LogP contribution in [0.1, 0.15) is 26.3 Å². The molecule has 0 aliphatic rings. The van der Waals surface area contributed by atoms with Crippen LogP contribution in [0.2, 0.25) is 0 Å². The van der Waals surface area contributed by atoms with Crippen LogP contribution in [0.25, 0.3) is 0 Å². The van der Waals surface area contributed by atoms with Crippen molar-refractivity contribution in [3.05, 3.63) is 29.8 Å². The van der Waals surface area contributed by atoms with Gasteiger partial charge in [0.25, 0.3) is 0 Å². The standard InChI is InChI=1S/C14H18N2O2/c1-14(2,3)16-13(18)15-12-9-5-4-7-11(12)8-6-10-17/h4-5,7,9,17H,10H2,1-3H3,(H2,15,16,18). The Bertz CT molecular complexity index is 479. The third-order valence-electron chi connectivity index (χ3n) is 1.97. The molecule has 2 amide bonds. The number of nitrogens with one attached hydrogen (secondary N) is 2. The van der Waals surface area contributed by atoms with Gasteiger partial charge in [0.1, 0.15) is 6.61 Å². The third kappa shape index (κ3) is 4.89. The Hall–Kier alpha value is -1.99. The van der Waals surface area contributed by atoms with E-state index in [0.29, 0.717) is 11.3 Å². The normalized spacial score (nSPS) is 10.2. The van der Waals surface area contributed by atoms with Crippen LogP contribution in [0.4, 0.5) is 10.5 Å². The molecule has 1 aromatic carbocycles. The molecule has 0 aliphatic heterocycles. The fourth-order valence-electron chi connectivity index (χ4n) is 1.33. The second kappa shape index (κ2) is 6.08. The van der Waals surface area contributed by atoms with Crippen LogP contribution >= 0.6 is 0 Å². The molecule has 0 heterocycles. The van der Waals surface area contributed by atoms with Gasteiger partial charge in [-0.3, -0.25) is 0 Å². The minimum Gasteiger partial charge on any atom is -0.384 e. The molecule has 4 heteroatoms. The Balaban J connectivity index is 2.81. The van der Waals surface area contributed by atoms with Gasteiger partial charge in [0.15, 0.2) is 0 Å². The lowest BCUT2D eigenvalue weighted by Gasteiger charge is -2.21. The van der Waals surface area contributed by atoms with E-state index in [-0.39, 0.29) is 18.2 Å². The van der Waals surface area contributed by atoms with Crippen molar-refractivity contribution in [3.63, 3.8) is 0 Å². The first-order chi connectivity index (χ1) is 8.42. The molecule has 0 radical (unpaired) electrons. The van der Waals surface area contributed by atoms with E-state index in [2.05, 4.69) is 22.5 Å². The van der Waals surface area contributed by atoms with Crippen LogP contribution < -0.4 is 10.6 Å². The molecule has 0 saturated carbocycles. The zero-order chi connectivity index (χ0) is 13.6. The number of hydrogen-bond acceptors (Lipinski definition) is 2. The lowest BCUT2D eigenvalue weighted by Crippen LogP contribution is -2.43. The van der Waals surface area contributed by atoms with Crippen LogP contribution in [-0.2, 0) is 0 Å². The predicted octanol–water partition coefficient (Wildman–Crippen LogP) is 1.95.